The van der Waals surface area contributed by atoms with Crippen molar-refractivity contribution in [1.82, 2.24) is 5.32 Å². The van der Waals surface area contributed by atoms with Gasteiger partial charge in [-0.25, -0.2) is 9.18 Å². The number of hydrogen-bond acceptors (Lipinski definition) is 2. The number of rotatable bonds is 5. The van der Waals surface area contributed by atoms with Crippen molar-refractivity contribution in [2.75, 3.05) is 11.9 Å². The predicted molar refractivity (Wildman–Crippen MR) is 87.3 cm³/mol. The summed E-state index contributed by atoms with van der Waals surface area (Å²) in [7, 11) is 0. The molecular weight excluding hydrogens is 359 g/mol. The fourth-order valence-corrected chi connectivity index (χ4v) is 2.08. The molecule has 2 aromatic carbocycles. The molecule has 0 aliphatic rings. The molecule has 0 aliphatic carbocycles. The minimum atomic E-state index is -3.32. The van der Waals surface area contributed by atoms with E-state index in [1.54, 1.807) is 0 Å². The summed E-state index contributed by atoms with van der Waals surface area (Å²) in [6.45, 7) is -0.970. The highest BCUT2D eigenvalue weighted by molar-refractivity contribution is 6.30. The van der Waals surface area contributed by atoms with E-state index in [4.69, 9.17) is 17.3 Å². The zero-order valence-electron chi connectivity index (χ0n) is 12.7. The summed E-state index contributed by atoms with van der Waals surface area (Å²) >= 11 is 5.64. The van der Waals surface area contributed by atoms with Gasteiger partial charge in [0, 0.05) is 16.3 Å². The number of halogens is 4. The summed E-state index contributed by atoms with van der Waals surface area (Å²) in [4.78, 5) is 22.6. The van der Waals surface area contributed by atoms with Crippen molar-refractivity contribution in [2.45, 2.75) is 5.92 Å². The predicted octanol–water partition coefficient (Wildman–Crippen LogP) is 3.49. The van der Waals surface area contributed by atoms with Gasteiger partial charge in [-0.1, -0.05) is 23.7 Å². The summed E-state index contributed by atoms with van der Waals surface area (Å²) in [5, 5.41) is 4.49. The smallest absolute Gasteiger partial charge is 0.319 e. The van der Waals surface area contributed by atoms with Crippen LogP contribution in [0.3, 0.4) is 0 Å². The maximum absolute atomic E-state index is 14.0. The number of urea groups is 1. The molecule has 0 fully saturated rings. The monoisotopic (exact) mass is 371 g/mol. The Kier molecular flexibility index (Phi) is 5.53. The number of carbonyl (C=O) groups is 2. The van der Waals surface area contributed by atoms with E-state index in [1.807, 2.05) is 5.32 Å². The summed E-state index contributed by atoms with van der Waals surface area (Å²) < 4.78 is 41.6. The minimum Gasteiger partial charge on any atom is -0.366 e. The molecule has 2 aromatic rings. The van der Waals surface area contributed by atoms with Crippen LogP contribution in [0.15, 0.2) is 42.5 Å². The number of carbonyl (C=O) groups excluding carboxylic acids is 2. The molecular formula is C16H13ClF3N3O2. The highest BCUT2D eigenvalue weighted by Gasteiger charge is 2.31. The SMILES string of the molecule is NC(=O)c1ccc(NC(=O)NCC(F)(F)c2ccc(Cl)cc2)cc1F. The van der Waals surface area contributed by atoms with Crippen LogP contribution in [0.4, 0.5) is 23.7 Å². The summed E-state index contributed by atoms with van der Waals surface area (Å²) in [5.74, 6) is -5.21. The third-order valence-electron chi connectivity index (χ3n) is 3.23. The highest BCUT2D eigenvalue weighted by atomic mass is 35.5. The molecule has 0 bridgehead atoms. The third kappa shape index (κ3) is 4.87. The maximum Gasteiger partial charge on any atom is 0.319 e. The summed E-state index contributed by atoms with van der Waals surface area (Å²) in [6, 6.07) is 7.13. The lowest BCUT2D eigenvalue weighted by molar-refractivity contribution is -0.0000829. The van der Waals surface area contributed by atoms with E-state index in [0.29, 0.717) is 5.02 Å². The molecule has 9 heteroatoms. The summed E-state index contributed by atoms with van der Waals surface area (Å²) in [5.41, 5.74) is 4.28. The van der Waals surface area contributed by atoms with Crippen LogP contribution in [-0.4, -0.2) is 18.5 Å². The van der Waals surface area contributed by atoms with Gasteiger partial charge in [0.2, 0.25) is 0 Å². The average molecular weight is 372 g/mol. The van der Waals surface area contributed by atoms with Gasteiger partial charge in [0.25, 0.3) is 11.8 Å². The zero-order chi connectivity index (χ0) is 18.6. The van der Waals surface area contributed by atoms with E-state index < -0.39 is 30.2 Å². The van der Waals surface area contributed by atoms with Gasteiger partial charge in [0.1, 0.15) is 5.82 Å². The minimum absolute atomic E-state index is 0.0187. The van der Waals surface area contributed by atoms with Crippen molar-refractivity contribution < 1.29 is 22.8 Å². The van der Waals surface area contributed by atoms with Gasteiger partial charge in [0.15, 0.2) is 0 Å². The van der Waals surface area contributed by atoms with E-state index in [-0.39, 0.29) is 16.8 Å². The quantitative estimate of drug-likeness (QED) is 0.751. The normalized spacial score (nSPS) is 11.0. The first-order chi connectivity index (χ1) is 11.7. The van der Waals surface area contributed by atoms with E-state index in [2.05, 4.69) is 5.32 Å². The molecule has 0 spiro atoms. The van der Waals surface area contributed by atoms with E-state index >= 15 is 0 Å². The van der Waals surface area contributed by atoms with Crippen LogP contribution in [0, 0.1) is 5.82 Å². The van der Waals surface area contributed by atoms with Crippen molar-refractivity contribution in [1.29, 1.82) is 0 Å². The Hall–Kier alpha value is -2.74. The third-order valence-corrected chi connectivity index (χ3v) is 3.48. The fourth-order valence-electron chi connectivity index (χ4n) is 1.96. The highest BCUT2D eigenvalue weighted by Crippen LogP contribution is 2.28. The molecule has 0 aliphatic heterocycles. The van der Waals surface area contributed by atoms with Gasteiger partial charge in [-0.3, -0.25) is 4.79 Å². The van der Waals surface area contributed by atoms with Crippen LogP contribution < -0.4 is 16.4 Å². The van der Waals surface area contributed by atoms with Crippen molar-refractivity contribution in [3.63, 3.8) is 0 Å². The molecule has 0 radical (unpaired) electrons. The number of hydrogen-bond donors (Lipinski definition) is 3. The van der Waals surface area contributed by atoms with Gasteiger partial charge in [0.05, 0.1) is 12.1 Å². The van der Waals surface area contributed by atoms with Gasteiger partial charge in [-0.05, 0) is 30.3 Å². The first-order valence-corrected chi connectivity index (χ1v) is 7.35. The molecule has 0 saturated heterocycles. The van der Waals surface area contributed by atoms with Crippen molar-refractivity contribution in [3.05, 3.63) is 64.4 Å². The van der Waals surface area contributed by atoms with E-state index in [0.717, 1.165) is 24.3 Å². The molecule has 0 aromatic heterocycles. The van der Waals surface area contributed by atoms with Crippen LogP contribution in [0.25, 0.3) is 0 Å². The molecule has 0 unspecified atom stereocenters. The largest absolute Gasteiger partial charge is 0.366 e. The molecule has 0 heterocycles. The van der Waals surface area contributed by atoms with Crippen LogP contribution in [0.5, 0.6) is 0 Å². The molecule has 5 nitrogen and oxygen atoms in total. The number of nitrogens with two attached hydrogens (primary N) is 1. The van der Waals surface area contributed by atoms with Gasteiger partial charge in [-0.15, -0.1) is 0 Å². The second kappa shape index (κ2) is 7.43. The van der Waals surface area contributed by atoms with E-state index in [1.165, 1.54) is 18.2 Å². The zero-order valence-corrected chi connectivity index (χ0v) is 13.4. The molecule has 132 valence electrons. The first kappa shape index (κ1) is 18.6. The molecule has 25 heavy (non-hydrogen) atoms. The Morgan fingerprint density at radius 2 is 1.76 bits per heavy atom. The number of nitrogens with one attached hydrogen (secondary N) is 2. The molecule has 2 rings (SSSR count). The van der Waals surface area contributed by atoms with Gasteiger partial charge < -0.3 is 16.4 Å². The van der Waals surface area contributed by atoms with E-state index in [9.17, 15) is 22.8 Å². The topological polar surface area (TPSA) is 84.2 Å². The Balaban J connectivity index is 1.97. The first-order valence-electron chi connectivity index (χ1n) is 6.97. The number of primary amides is 1. The van der Waals surface area contributed by atoms with Crippen molar-refractivity contribution >= 4 is 29.2 Å². The molecule has 0 atom stereocenters. The lowest BCUT2D eigenvalue weighted by Gasteiger charge is -2.18. The van der Waals surface area contributed by atoms with Crippen LogP contribution in [0.2, 0.25) is 5.02 Å². The lowest BCUT2D eigenvalue weighted by atomic mass is 10.1. The second-order valence-electron chi connectivity index (χ2n) is 5.08. The number of anilines is 1. The molecule has 3 amide bonds. The number of benzene rings is 2. The Bertz CT molecular complexity index is 798. The van der Waals surface area contributed by atoms with Gasteiger partial charge >= 0.3 is 6.03 Å². The lowest BCUT2D eigenvalue weighted by Crippen LogP contribution is -2.37. The Morgan fingerprint density at radius 1 is 1.12 bits per heavy atom. The molecule has 0 saturated carbocycles. The van der Waals surface area contributed by atoms with Crippen LogP contribution in [0.1, 0.15) is 15.9 Å². The standard InChI is InChI=1S/C16H13ClF3N3O2/c17-10-3-1-9(2-4-10)16(19,20)8-22-15(25)23-11-5-6-12(14(21)24)13(18)7-11/h1-7H,8H2,(H2,21,24)(H2,22,23,25). The Morgan fingerprint density at radius 3 is 2.32 bits per heavy atom. The molecule has 4 N–H and O–H groups in total. The average Bonchev–Trinajstić information content (AvgIpc) is 2.53. The van der Waals surface area contributed by atoms with Crippen molar-refractivity contribution in [3.8, 4) is 0 Å². The van der Waals surface area contributed by atoms with Crippen LogP contribution >= 0.6 is 11.6 Å². The number of alkyl halides is 2. The maximum atomic E-state index is 14.0. The van der Waals surface area contributed by atoms with Crippen molar-refractivity contribution in [2.24, 2.45) is 5.73 Å². The number of amides is 3. The van der Waals surface area contributed by atoms with Crippen LogP contribution in [-0.2, 0) is 5.92 Å². The summed E-state index contributed by atoms with van der Waals surface area (Å²) in [6.07, 6.45) is 0. The van der Waals surface area contributed by atoms with Gasteiger partial charge in [-0.2, -0.15) is 8.78 Å². The Labute approximate surface area is 146 Å². The second-order valence-corrected chi connectivity index (χ2v) is 5.51. The fraction of sp³-hybridized carbons (Fsp3) is 0.125.